The fourth-order valence-electron chi connectivity index (χ4n) is 2.66. The van der Waals surface area contributed by atoms with Crippen LogP contribution in [-0.4, -0.2) is 21.9 Å². The van der Waals surface area contributed by atoms with Crippen LogP contribution in [0.4, 0.5) is 0 Å². The van der Waals surface area contributed by atoms with Gasteiger partial charge in [-0.1, -0.05) is 6.92 Å². The summed E-state index contributed by atoms with van der Waals surface area (Å²) in [5.74, 6) is 1.44. The summed E-state index contributed by atoms with van der Waals surface area (Å²) in [7, 11) is 0. The largest absolute Gasteiger partial charge is 0.508 e. The predicted octanol–water partition coefficient (Wildman–Crippen LogP) is 3.12. The van der Waals surface area contributed by atoms with Crippen molar-refractivity contribution in [3.63, 3.8) is 0 Å². The second-order valence-electron chi connectivity index (χ2n) is 5.86. The Labute approximate surface area is 108 Å². The van der Waals surface area contributed by atoms with Crippen LogP contribution in [0.2, 0.25) is 0 Å². The maximum Gasteiger partial charge on any atom is 0.127 e. The molecule has 1 heterocycles. The van der Waals surface area contributed by atoms with Crippen molar-refractivity contribution in [1.82, 2.24) is 0 Å². The fourth-order valence-corrected chi connectivity index (χ4v) is 2.66. The lowest BCUT2D eigenvalue weighted by molar-refractivity contribution is -0.0361. The SMILES string of the molecule is Cc1c(O)ccc2c1C(C)CCC(C(C)(C)O)O2. The Hall–Kier alpha value is -1.22. The Morgan fingerprint density at radius 3 is 2.56 bits per heavy atom. The maximum atomic E-state index is 10.1. The second kappa shape index (κ2) is 4.47. The summed E-state index contributed by atoms with van der Waals surface area (Å²) in [5, 5.41) is 19.9. The summed E-state index contributed by atoms with van der Waals surface area (Å²) in [6, 6.07) is 3.46. The van der Waals surface area contributed by atoms with E-state index < -0.39 is 5.60 Å². The number of rotatable bonds is 1. The van der Waals surface area contributed by atoms with Crippen molar-refractivity contribution in [2.24, 2.45) is 0 Å². The van der Waals surface area contributed by atoms with Crippen LogP contribution < -0.4 is 4.74 Å². The van der Waals surface area contributed by atoms with Crippen LogP contribution >= 0.6 is 0 Å². The van der Waals surface area contributed by atoms with Gasteiger partial charge in [-0.3, -0.25) is 0 Å². The molecule has 2 atom stereocenters. The highest BCUT2D eigenvalue weighted by atomic mass is 16.5. The van der Waals surface area contributed by atoms with E-state index in [0.717, 1.165) is 29.7 Å². The summed E-state index contributed by atoms with van der Waals surface area (Å²) in [6.07, 6.45) is 1.57. The molecule has 2 rings (SSSR count). The summed E-state index contributed by atoms with van der Waals surface area (Å²) in [4.78, 5) is 0. The molecule has 1 aromatic carbocycles. The molecule has 0 amide bonds. The highest BCUT2D eigenvalue weighted by Gasteiger charge is 2.33. The van der Waals surface area contributed by atoms with E-state index >= 15 is 0 Å². The first-order valence-corrected chi connectivity index (χ1v) is 6.52. The van der Waals surface area contributed by atoms with Crippen LogP contribution in [0.5, 0.6) is 11.5 Å². The van der Waals surface area contributed by atoms with Gasteiger partial charge in [0.05, 0.1) is 5.60 Å². The zero-order valence-corrected chi connectivity index (χ0v) is 11.5. The van der Waals surface area contributed by atoms with Gasteiger partial charge in [-0.05, 0) is 57.2 Å². The molecule has 2 N–H and O–H groups in total. The zero-order chi connectivity index (χ0) is 13.5. The van der Waals surface area contributed by atoms with Gasteiger partial charge in [-0.15, -0.1) is 0 Å². The Bertz CT molecular complexity index is 446. The number of aromatic hydroxyl groups is 1. The summed E-state index contributed by atoms with van der Waals surface area (Å²) >= 11 is 0. The molecule has 3 nitrogen and oxygen atoms in total. The van der Waals surface area contributed by atoms with Crippen molar-refractivity contribution in [1.29, 1.82) is 0 Å². The summed E-state index contributed by atoms with van der Waals surface area (Å²) in [6.45, 7) is 7.61. The van der Waals surface area contributed by atoms with Crippen LogP contribution in [0.1, 0.15) is 50.7 Å². The van der Waals surface area contributed by atoms with Gasteiger partial charge < -0.3 is 14.9 Å². The van der Waals surface area contributed by atoms with Crippen molar-refractivity contribution in [3.8, 4) is 11.5 Å². The third-order valence-electron chi connectivity index (χ3n) is 3.86. The van der Waals surface area contributed by atoms with Gasteiger partial charge in [0, 0.05) is 5.56 Å². The van der Waals surface area contributed by atoms with Crippen LogP contribution in [-0.2, 0) is 0 Å². The van der Waals surface area contributed by atoms with Crippen molar-refractivity contribution in [2.75, 3.05) is 0 Å². The number of ether oxygens (including phenoxy) is 1. The molecular weight excluding hydrogens is 228 g/mol. The quantitative estimate of drug-likeness (QED) is 0.805. The van der Waals surface area contributed by atoms with E-state index in [0.29, 0.717) is 11.7 Å². The van der Waals surface area contributed by atoms with E-state index in [-0.39, 0.29) is 6.10 Å². The standard InChI is InChI=1S/C15H22O3/c1-9-5-8-13(15(3,4)17)18-12-7-6-11(16)10(2)14(9)12/h6-7,9,13,16-17H,5,8H2,1-4H3. The van der Waals surface area contributed by atoms with E-state index in [4.69, 9.17) is 4.74 Å². The molecular formula is C15H22O3. The Morgan fingerprint density at radius 1 is 1.28 bits per heavy atom. The third-order valence-corrected chi connectivity index (χ3v) is 3.86. The maximum absolute atomic E-state index is 10.1. The minimum atomic E-state index is -0.854. The number of aliphatic hydroxyl groups is 1. The summed E-state index contributed by atoms with van der Waals surface area (Å²) < 4.78 is 5.97. The molecule has 0 fully saturated rings. The number of benzene rings is 1. The Kier molecular flexibility index (Phi) is 3.28. The molecule has 100 valence electrons. The molecule has 2 unspecified atom stereocenters. The van der Waals surface area contributed by atoms with E-state index in [1.165, 1.54) is 0 Å². The lowest BCUT2D eigenvalue weighted by Gasteiger charge is -2.29. The minimum absolute atomic E-state index is 0.204. The zero-order valence-electron chi connectivity index (χ0n) is 11.5. The topological polar surface area (TPSA) is 49.7 Å². The third kappa shape index (κ3) is 2.32. The van der Waals surface area contributed by atoms with E-state index in [2.05, 4.69) is 6.92 Å². The fraction of sp³-hybridized carbons (Fsp3) is 0.600. The average molecular weight is 250 g/mol. The van der Waals surface area contributed by atoms with Gasteiger partial charge in [0.2, 0.25) is 0 Å². The molecule has 0 saturated heterocycles. The van der Waals surface area contributed by atoms with Crippen LogP contribution in [0.3, 0.4) is 0 Å². The van der Waals surface area contributed by atoms with Gasteiger partial charge in [0.15, 0.2) is 0 Å². The first-order valence-electron chi connectivity index (χ1n) is 6.52. The average Bonchev–Trinajstić information content (AvgIpc) is 2.43. The second-order valence-corrected chi connectivity index (χ2v) is 5.86. The van der Waals surface area contributed by atoms with E-state index in [1.54, 1.807) is 26.0 Å². The van der Waals surface area contributed by atoms with Gasteiger partial charge in [-0.2, -0.15) is 0 Å². The highest BCUT2D eigenvalue weighted by Crippen LogP contribution is 2.41. The van der Waals surface area contributed by atoms with Crippen LogP contribution in [0.15, 0.2) is 12.1 Å². The molecule has 1 aromatic rings. The molecule has 3 heteroatoms. The van der Waals surface area contributed by atoms with E-state index in [1.807, 2.05) is 6.92 Å². The van der Waals surface area contributed by atoms with Crippen LogP contribution in [0.25, 0.3) is 0 Å². The summed E-state index contributed by atoms with van der Waals surface area (Å²) in [5.41, 5.74) is 1.10. The van der Waals surface area contributed by atoms with E-state index in [9.17, 15) is 10.2 Å². The molecule has 0 radical (unpaired) electrons. The first-order chi connectivity index (χ1) is 8.30. The molecule has 0 spiro atoms. The van der Waals surface area contributed by atoms with Crippen molar-refractivity contribution >= 4 is 0 Å². The van der Waals surface area contributed by atoms with Gasteiger partial charge in [-0.25, -0.2) is 0 Å². The number of hydrogen-bond donors (Lipinski definition) is 2. The number of phenols is 1. The molecule has 1 aliphatic rings. The predicted molar refractivity (Wildman–Crippen MR) is 71.2 cm³/mol. The lowest BCUT2D eigenvalue weighted by atomic mass is 9.89. The highest BCUT2D eigenvalue weighted by molar-refractivity contribution is 5.49. The molecule has 0 saturated carbocycles. The van der Waals surface area contributed by atoms with Gasteiger partial charge in [0.25, 0.3) is 0 Å². The van der Waals surface area contributed by atoms with Crippen molar-refractivity contribution in [2.45, 2.75) is 58.2 Å². The first kappa shape index (κ1) is 13.2. The van der Waals surface area contributed by atoms with Crippen molar-refractivity contribution in [3.05, 3.63) is 23.3 Å². The number of hydrogen-bond acceptors (Lipinski definition) is 3. The Balaban J connectivity index is 2.44. The monoisotopic (exact) mass is 250 g/mol. The number of phenolic OH excluding ortho intramolecular Hbond substituents is 1. The number of fused-ring (bicyclic) bond motifs is 1. The molecule has 1 aliphatic heterocycles. The molecule has 0 aromatic heterocycles. The molecule has 0 aliphatic carbocycles. The Morgan fingerprint density at radius 2 is 1.94 bits per heavy atom. The van der Waals surface area contributed by atoms with Gasteiger partial charge in [0.1, 0.15) is 17.6 Å². The molecule has 18 heavy (non-hydrogen) atoms. The van der Waals surface area contributed by atoms with Gasteiger partial charge >= 0.3 is 0 Å². The lowest BCUT2D eigenvalue weighted by Crippen LogP contribution is -2.40. The van der Waals surface area contributed by atoms with Crippen molar-refractivity contribution < 1.29 is 14.9 Å². The normalized spacial score (nSPS) is 24.1. The van der Waals surface area contributed by atoms with Crippen LogP contribution in [0, 0.1) is 6.92 Å². The smallest absolute Gasteiger partial charge is 0.127 e. The minimum Gasteiger partial charge on any atom is -0.508 e. The molecule has 0 bridgehead atoms.